The molecule has 0 saturated carbocycles. The van der Waals surface area contributed by atoms with Gasteiger partial charge in [-0.2, -0.15) is 0 Å². The molecule has 12 rings (SSSR count). The first-order chi connectivity index (χ1) is 36.8. The molecule has 0 radical (unpaired) electrons. The fourth-order valence-electron chi connectivity index (χ4n) is 9.36. The molecule has 304 valence electrons. The summed E-state index contributed by atoms with van der Waals surface area (Å²) in [4.78, 5) is 1.66. The van der Waals surface area contributed by atoms with Gasteiger partial charge in [0.1, 0.15) is 5.75 Å². The monoisotopic (exact) mass is 833 g/mol. The Labute approximate surface area is 391 Å². The normalized spacial score (nSPS) is 15.6. The highest BCUT2D eigenvalue weighted by atomic mass is 16.3. The second-order valence-corrected chi connectivity index (χ2v) is 16.5. The van der Waals surface area contributed by atoms with Crippen LogP contribution in [0.5, 0.6) is 5.75 Å². The third-order valence-corrected chi connectivity index (χ3v) is 12.5. The minimum absolute atomic E-state index is 0.150. The van der Waals surface area contributed by atoms with Crippen LogP contribution < -0.4 is 4.90 Å². The zero-order chi connectivity index (χ0) is 54.3. The maximum atomic E-state index is 12.2. The van der Waals surface area contributed by atoms with Crippen molar-refractivity contribution in [1.29, 1.82) is 0 Å². The van der Waals surface area contributed by atoms with Gasteiger partial charge in [-0.05, 0) is 122 Å². The van der Waals surface area contributed by atoms with Gasteiger partial charge in [-0.15, -0.1) is 0 Å². The second kappa shape index (κ2) is 14.8. The Morgan fingerprint density at radius 3 is 1.84 bits per heavy atom. The Kier molecular flexibility index (Phi) is 6.08. The molecule has 0 saturated heterocycles. The zero-order valence-corrected chi connectivity index (χ0v) is 34.7. The van der Waals surface area contributed by atoms with Gasteiger partial charge in [0.05, 0.1) is 28.9 Å². The van der Waals surface area contributed by atoms with Crippen LogP contribution in [0.15, 0.2) is 224 Å². The number of aromatic hydroxyl groups is 1. The van der Waals surface area contributed by atoms with Crippen LogP contribution in [-0.2, 0) is 5.41 Å². The largest absolute Gasteiger partial charge is 0.507 e. The van der Waals surface area contributed by atoms with Crippen molar-refractivity contribution in [3.05, 3.63) is 235 Å². The molecule has 1 N–H and O–H groups in total. The molecule has 64 heavy (non-hydrogen) atoms. The van der Waals surface area contributed by atoms with Crippen LogP contribution in [0.2, 0.25) is 0 Å². The Hall–Kier alpha value is -8.14. The van der Waals surface area contributed by atoms with Gasteiger partial charge in [0.25, 0.3) is 0 Å². The molecule has 3 nitrogen and oxygen atoms in total. The number of hydrogen-bond donors (Lipinski definition) is 1. The summed E-state index contributed by atoms with van der Waals surface area (Å²) in [5.41, 5.74) is 7.42. The SMILES string of the molecule is [2H]c1c([2H])c(-c2cc3c([2H])c([2H])c([2H])c([2H])c3c([2H])c2[2H])c(O)c(-c2c([2H])c([2H])c(N(c3ccc(-c4cccc(-n5c6ccccc6c6ccccc65)c4)cc3)c3ccc4c(c3)C(C)(C)c3ccccc3-4)c([2H])c2[2H])c1[2H]. The third kappa shape index (κ3) is 6.04. The van der Waals surface area contributed by atoms with E-state index in [9.17, 15) is 10.6 Å². The summed E-state index contributed by atoms with van der Waals surface area (Å²) in [5.74, 6) is -0.937. The molecule has 0 bridgehead atoms. The summed E-state index contributed by atoms with van der Waals surface area (Å²) in [6.07, 6.45) is 0. The van der Waals surface area contributed by atoms with Crippen LogP contribution in [0.4, 0.5) is 17.1 Å². The lowest BCUT2D eigenvalue weighted by Crippen LogP contribution is -2.16. The lowest BCUT2D eigenvalue weighted by Gasteiger charge is -2.28. The molecule has 1 heterocycles. The summed E-state index contributed by atoms with van der Waals surface area (Å²) in [6, 6.07) is 39.2. The first-order valence-electron chi connectivity index (χ1n) is 27.5. The molecule has 10 aromatic carbocycles. The molecule has 0 atom stereocenters. The topological polar surface area (TPSA) is 28.4 Å². The second-order valence-electron chi connectivity index (χ2n) is 16.5. The lowest BCUT2D eigenvalue weighted by molar-refractivity contribution is 0.479. The van der Waals surface area contributed by atoms with Gasteiger partial charge in [0.15, 0.2) is 0 Å². The van der Waals surface area contributed by atoms with Crippen molar-refractivity contribution in [3.63, 3.8) is 0 Å². The van der Waals surface area contributed by atoms with E-state index in [4.69, 9.17) is 12.3 Å². The number of benzene rings is 10. The Morgan fingerprint density at radius 1 is 0.438 bits per heavy atom. The number of rotatable bonds is 7. The Morgan fingerprint density at radius 2 is 1.08 bits per heavy atom. The fourth-order valence-corrected chi connectivity index (χ4v) is 9.36. The van der Waals surface area contributed by atoms with Gasteiger partial charge in [0.2, 0.25) is 0 Å². The summed E-state index contributed by atoms with van der Waals surface area (Å²) < 4.78 is 119. The number of aromatic nitrogens is 1. The van der Waals surface area contributed by atoms with Crippen LogP contribution in [0.1, 0.15) is 42.8 Å². The highest BCUT2D eigenvalue weighted by Crippen LogP contribution is 2.51. The van der Waals surface area contributed by atoms with E-state index in [0.29, 0.717) is 11.4 Å². The van der Waals surface area contributed by atoms with E-state index in [0.717, 1.165) is 66.9 Å². The van der Waals surface area contributed by atoms with Gasteiger partial charge < -0.3 is 14.6 Å². The van der Waals surface area contributed by atoms with Crippen molar-refractivity contribution < 1.29 is 22.9 Å². The van der Waals surface area contributed by atoms with Crippen LogP contribution in [0.3, 0.4) is 0 Å². The minimum atomic E-state index is -0.937. The molecule has 0 unspecified atom stereocenters. The van der Waals surface area contributed by atoms with Gasteiger partial charge in [-0.1, -0.05) is 171 Å². The molecule has 3 heteroatoms. The molecule has 0 aliphatic heterocycles. The van der Waals surface area contributed by atoms with Crippen molar-refractivity contribution in [2.75, 3.05) is 4.90 Å². The summed E-state index contributed by atoms with van der Waals surface area (Å²) in [5, 5.41) is 14.1. The zero-order valence-electron chi connectivity index (χ0n) is 47.7. The smallest absolute Gasteiger partial charge is 0.131 e. The highest BCUT2D eigenvalue weighted by Gasteiger charge is 2.35. The van der Waals surface area contributed by atoms with Crippen molar-refractivity contribution in [2.24, 2.45) is 0 Å². The number of para-hydroxylation sites is 3. The molecule has 11 aromatic rings. The molecular formula is C61H44N2O. The van der Waals surface area contributed by atoms with Crippen LogP contribution in [-0.4, -0.2) is 9.67 Å². The quantitative estimate of drug-likeness (QED) is 0.173. The van der Waals surface area contributed by atoms with Crippen LogP contribution in [0.25, 0.3) is 82.8 Å². The maximum absolute atomic E-state index is 12.2. The number of fused-ring (bicyclic) bond motifs is 7. The molecular weight excluding hydrogens is 777 g/mol. The summed E-state index contributed by atoms with van der Waals surface area (Å²) in [7, 11) is 0. The van der Waals surface area contributed by atoms with Crippen molar-refractivity contribution in [2.45, 2.75) is 19.3 Å². The number of phenols is 1. The Balaban J connectivity index is 1.03. The molecule has 1 aliphatic rings. The molecule has 1 aliphatic carbocycles. The predicted octanol–water partition coefficient (Wildman–Crippen LogP) is 16.4. The van der Waals surface area contributed by atoms with Gasteiger partial charge in [-0.3, -0.25) is 0 Å². The summed E-state index contributed by atoms with van der Waals surface area (Å²) >= 11 is 0. The van der Waals surface area contributed by atoms with E-state index in [1.54, 1.807) is 4.90 Å². The van der Waals surface area contributed by atoms with E-state index >= 15 is 0 Å². The van der Waals surface area contributed by atoms with Gasteiger partial charge in [0, 0.05) is 50.1 Å². The fraction of sp³-hybridized carbons (Fsp3) is 0.0492. The van der Waals surface area contributed by atoms with Gasteiger partial charge >= 0.3 is 0 Å². The predicted molar refractivity (Wildman–Crippen MR) is 269 cm³/mol. The number of hydrogen-bond acceptors (Lipinski definition) is 2. The molecule has 0 spiro atoms. The maximum Gasteiger partial charge on any atom is 0.131 e. The molecule has 0 amide bonds. The van der Waals surface area contributed by atoms with E-state index in [2.05, 4.69) is 66.9 Å². The first kappa shape index (κ1) is 26.4. The number of anilines is 3. The van der Waals surface area contributed by atoms with E-state index in [1.807, 2.05) is 91.0 Å². The molecule has 1 aromatic heterocycles. The van der Waals surface area contributed by atoms with Crippen molar-refractivity contribution in [1.82, 2.24) is 4.57 Å². The first-order valence-corrected chi connectivity index (χ1v) is 21.0. The van der Waals surface area contributed by atoms with Crippen molar-refractivity contribution >= 4 is 49.6 Å². The van der Waals surface area contributed by atoms with Gasteiger partial charge in [-0.25, -0.2) is 0 Å². The van der Waals surface area contributed by atoms with E-state index < -0.39 is 106 Å². The van der Waals surface area contributed by atoms with E-state index in [1.165, 1.54) is 0 Å². The minimum Gasteiger partial charge on any atom is -0.507 e. The summed E-state index contributed by atoms with van der Waals surface area (Å²) in [6.45, 7) is 4.26. The van der Waals surface area contributed by atoms with Crippen LogP contribution in [0, 0.1) is 0 Å². The number of nitrogens with zero attached hydrogens (tertiary/aromatic N) is 2. The standard InChI is InChI=1S/C61H44N2O/c1-61(2)56-22-8-5-17-52(56)53-36-35-49(39-57(53)61)62(47-33-29-42(30-34-47)50-20-12-21-51(60(50)64)45-26-25-40-13-3-4-14-43(40)37-45)46-31-27-41(28-32-46)44-15-11-16-48(38-44)63-58-23-9-6-18-54(58)55-19-7-10-24-59(55)63/h3-39,64H,1-2H3/i3D,4D,12D,13D,14D,20D,21D,25D,26D,29D,30D,33D,34D. The highest BCUT2D eigenvalue weighted by molar-refractivity contribution is 6.09. The third-order valence-electron chi connectivity index (χ3n) is 12.5. The number of phenolic OH excluding ortho intramolecular Hbond substituents is 1. The average Bonchev–Trinajstić information content (AvgIpc) is 4.10. The molecule has 0 fully saturated rings. The lowest BCUT2D eigenvalue weighted by atomic mass is 9.82. The van der Waals surface area contributed by atoms with Crippen LogP contribution >= 0.6 is 0 Å². The van der Waals surface area contributed by atoms with E-state index in [-0.39, 0.29) is 22.0 Å². The average molecular weight is 834 g/mol. The Bertz CT molecular complexity index is 4300. The van der Waals surface area contributed by atoms with Crippen molar-refractivity contribution in [3.8, 4) is 55.9 Å².